The Labute approximate surface area is 245 Å². The lowest BCUT2D eigenvalue weighted by Crippen LogP contribution is -2.50. The third-order valence-corrected chi connectivity index (χ3v) is 9.24. The summed E-state index contributed by atoms with van der Waals surface area (Å²) in [5, 5.41) is 3.08. The van der Waals surface area contributed by atoms with Crippen molar-refractivity contribution in [1.29, 1.82) is 0 Å². The number of nitrogens with one attached hydrogen (secondary N) is 1. The van der Waals surface area contributed by atoms with Crippen LogP contribution in [-0.2, 0) is 17.8 Å². The van der Waals surface area contributed by atoms with Crippen LogP contribution < -0.4 is 5.32 Å². The van der Waals surface area contributed by atoms with Crippen molar-refractivity contribution in [3.63, 3.8) is 0 Å². The Morgan fingerprint density at radius 2 is 1.56 bits per heavy atom. The second kappa shape index (κ2) is 14.2. The predicted octanol–water partition coefficient (Wildman–Crippen LogP) is 7.29. The third-order valence-electron chi connectivity index (χ3n) is 9.24. The molecule has 2 amide bonds. The minimum absolute atomic E-state index is 0.00305. The van der Waals surface area contributed by atoms with E-state index < -0.39 is 0 Å². The highest BCUT2D eigenvalue weighted by atomic mass is 16.2. The van der Waals surface area contributed by atoms with Crippen molar-refractivity contribution in [2.75, 3.05) is 6.54 Å². The molecule has 0 radical (unpaired) electrons. The first-order chi connectivity index (χ1) is 20.0. The lowest BCUT2D eigenvalue weighted by molar-refractivity contribution is -0.138. The molecule has 0 atom stereocenters. The molecule has 0 unspecified atom stereocenters. The van der Waals surface area contributed by atoms with Crippen LogP contribution in [0.2, 0.25) is 0 Å². The number of hydrogen-bond donors (Lipinski definition) is 1. The monoisotopic (exact) mass is 556 g/mol. The second-order valence-electron chi connectivity index (χ2n) is 12.4. The van der Waals surface area contributed by atoms with Gasteiger partial charge in [0.15, 0.2) is 0 Å². The van der Waals surface area contributed by atoms with E-state index >= 15 is 0 Å². The highest BCUT2D eigenvalue weighted by Crippen LogP contribution is 2.31. The minimum atomic E-state index is 0.00305. The lowest BCUT2D eigenvalue weighted by atomic mass is 9.88. The number of unbranched alkanes of at least 4 members (excludes halogenated alkanes) is 2. The van der Waals surface area contributed by atoms with Crippen LogP contribution in [-0.4, -0.2) is 44.9 Å². The molecule has 6 nitrogen and oxygen atoms in total. The quantitative estimate of drug-likeness (QED) is 0.252. The average Bonchev–Trinajstić information content (AvgIpc) is 3.33. The molecule has 2 saturated carbocycles. The minimum Gasteiger partial charge on any atom is -0.352 e. The molecule has 0 aliphatic heterocycles. The smallest absolute Gasteiger partial charge is 0.251 e. The van der Waals surface area contributed by atoms with Crippen LogP contribution in [0.1, 0.15) is 111 Å². The molecule has 2 aromatic carbocycles. The summed E-state index contributed by atoms with van der Waals surface area (Å²) < 4.78 is 2.19. The van der Waals surface area contributed by atoms with Crippen molar-refractivity contribution in [3.05, 3.63) is 65.0 Å². The fraction of sp³-hybridized carbons (Fsp3) is 0.571. The van der Waals surface area contributed by atoms with Gasteiger partial charge in [-0.1, -0.05) is 74.8 Å². The number of hydrogen-bond acceptors (Lipinski definition) is 3. The highest BCUT2D eigenvalue weighted by molar-refractivity contribution is 5.95. The Kier molecular flexibility index (Phi) is 10.1. The van der Waals surface area contributed by atoms with Crippen LogP contribution in [0.3, 0.4) is 0 Å². The standard InChI is InChI=1S/C35H48N4O2/c1-26-21-22-30(27(2)24-26)35(41)36-23-13-5-10-20-33-37-31-18-11-12-19-32(31)38(33)25-34(40)39(28-14-6-3-7-15-28)29-16-8-4-9-17-29/h11-12,18-19,21-22,24,28-29H,3-10,13-17,20,23,25H2,1-2H3,(H,36,41). The molecule has 6 heteroatoms. The summed E-state index contributed by atoms with van der Waals surface area (Å²) in [6, 6.07) is 15.0. The van der Waals surface area contributed by atoms with Gasteiger partial charge in [-0.2, -0.15) is 0 Å². The Morgan fingerprint density at radius 3 is 2.24 bits per heavy atom. The third kappa shape index (κ3) is 7.38. The van der Waals surface area contributed by atoms with Gasteiger partial charge in [0.2, 0.25) is 5.91 Å². The molecule has 2 fully saturated rings. The molecule has 41 heavy (non-hydrogen) atoms. The largest absolute Gasteiger partial charge is 0.352 e. The van der Waals surface area contributed by atoms with E-state index in [1.54, 1.807) is 0 Å². The maximum atomic E-state index is 14.1. The molecule has 2 aliphatic carbocycles. The Morgan fingerprint density at radius 1 is 0.878 bits per heavy atom. The van der Waals surface area contributed by atoms with Gasteiger partial charge in [0.25, 0.3) is 5.91 Å². The first-order valence-corrected chi connectivity index (χ1v) is 16.1. The van der Waals surface area contributed by atoms with E-state index in [1.807, 2.05) is 38.1 Å². The van der Waals surface area contributed by atoms with Crippen molar-refractivity contribution >= 4 is 22.8 Å². The molecule has 0 saturated heterocycles. The van der Waals surface area contributed by atoms with E-state index in [4.69, 9.17) is 4.98 Å². The molecule has 0 spiro atoms. The fourth-order valence-corrected chi connectivity index (χ4v) is 7.08. The molecular formula is C35H48N4O2. The van der Waals surface area contributed by atoms with Gasteiger partial charge in [0.1, 0.15) is 12.4 Å². The molecule has 220 valence electrons. The fourth-order valence-electron chi connectivity index (χ4n) is 7.08. The van der Waals surface area contributed by atoms with E-state index in [2.05, 4.69) is 33.0 Å². The summed E-state index contributed by atoms with van der Waals surface area (Å²) >= 11 is 0. The van der Waals surface area contributed by atoms with Gasteiger partial charge in [-0.3, -0.25) is 9.59 Å². The summed E-state index contributed by atoms with van der Waals surface area (Å²) in [6.45, 7) is 5.08. The van der Waals surface area contributed by atoms with Crippen LogP contribution in [0.25, 0.3) is 11.0 Å². The van der Waals surface area contributed by atoms with Gasteiger partial charge in [-0.05, 0) is 76.1 Å². The number of amides is 2. The Hall–Kier alpha value is -3.15. The number of rotatable bonds is 11. The first-order valence-electron chi connectivity index (χ1n) is 16.1. The second-order valence-corrected chi connectivity index (χ2v) is 12.4. The molecule has 2 aliphatic rings. The van der Waals surface area contributed by atoms with Crippen molar-refractivity contribution in [2.24, 2.45) is 0 Å². The number of carbonyl (C=O) groups excluding carboxylic acids is 2. The van der Waals surface area contributed by atoms with Crippen LogP contribution >= 0.6 is 0 Å². The van der Waals surface area contributed by atoms with Gasteiger partial charge < -0.3 is 14.8 Å². The number of fused-ring (bicyclic) bond motifs is 1. The maximum Gasteiger partial charge on any atom is 0.251 e. The summed E-state index contributed by atoms with van der Waals surface area (Å²) in [5.74, 6) is 1.29. The normalized spacial score (nSPS) is 16.6. The molecule has 1 heterocycles. The van der Waals surface area contributed by atoms with E-state index in [9.17, 15) is 9.59 Å². The van der Waals surface area contributed by atoms with Crippen LogP contribution in [0.4, 0.5) is 0 Å². The van der Waals surface area contributed by atoms with Gasteiger partial charge in [0.05, 0.1) is 11.0 Å². The number of para-hydroxylation sites is 2. The number of nitrogens with zero attached hydrogens (tertiary/aromatic N) is 3. The SMILES string of the molecule is Cc1ccc(C(=O)NCCCCCc2nc3ccccc3n2CC(=O)N(C2CCCCC2)C2CCCCC2)c(C)c1. The zero-order valence-corrected chi connectivity index (χ0v) is 25.2. The first kappa shape index (κ1) is 29.3. The van der Waals surface area contributed by atoms with Crippen LogP contribution in [0, 0.1) is 13.8 Å². The lowest BCUT2D eigenvalue weighted by Gasteiger charge is -2.42. The zero-order valence-electron chi connectivity index (χ0n) is 25.2. The number of benzene rings is 2. The van der Waals surface area contributed by atoms with Gasteiger partial charge in [-0.15, -0.1) is 0 Å². The van der Waals surface area contributed by atoms with Gasteiger partial charge in [-0.25, -0.2) is 4.98 Å². The average molecular weight is 557 g/mol. The predicted molar refractivity (Wildman–Crippen MR) is 166 cm³/mol. The number of carbonyl (C=O) groups is 2. The Balaban J connectivity index is 1.20. The van der Waals surface area contributed by atoms with Crippen molar-refractivity contribution in [3.8, 4) is 0 Å². The molecular weight excluding hydrogens is 508 g/mol. The van der Waals surface area contributed by atoms with Gasteiger partial charge >= 0.3 is 0 Å². The summed E-state index contributed by atoms with van der Waals surface area (Å²) in [4.78, 5) is 34.0. The van der Waals surface area contributed by atoms with E-state index in [0.717, 1.165) is 79.4 Å². The summed E-state index contributed by atoms with van der Waals surface area (Å²) in [7, 11) is 0. The topological polar surface area (TPSA) is 67.2 Å². The number of aromatic nitrogens is 2. The molecule has 0 bridgehead atoms. The summed E-state index contributed by atoms with van der Waals surface area (Å²) in [6.07, 6.45) is 15.9. The Bertz CT molecular complexity index is 1300. The van der Waals surface area contributed by atoms with Crippen LogP contribution in [0.5, 0.6) is 0 Å². The van der Waals surface area contributed by atoms with Crippen molar-refractivity contribution in [2.45, 2.75) is 122 Å². The molecule has 1 N–H and O–H groups in total. The highest BCUT2D eigenvalue weighted by Gasteiger charge is 2.33. The zero-order chi connectivity index (χ0) is 28.6. The number of imidazole rings is 1. The van der Waals surface area contributed by atoms with Crippen molar-refractivity contribution in [1.82, 2.24) is 19.8 Å². The molecule has 5 rings (SSSR count). The molecule has 3 aromatic rings. The number of aryl methyl sites for hydroxylation is 3. The molecule has 1 aromatic heterocycles. The maximum absolute atomic E-state index is 14.1. The van der Waals surface area contributed by atoms with Gasteiger partial charge in [0, 0.05) is 30.6 Å². The van der Waals surface area contributed by atoms with E-state index in [0.29, 0.717) is 25.2 Å². The van der Waals surface area contributed by atoms with Crippen LogP contribution in [0.15, 0.2) is 42.5 Å². The summed E-state index contributed by atoms with van der Waals surface area (Å²) in [5.41, 5.74) is 4.97. The van der Waals surface area contributed by atoms with Crippen molar-refractivity contribution < 1.29 is 9.59 Å². The van der Waals surface area contributed by atoms with E-state index in [-0.39, 0.29) is 11.8 Å². The van der Waals surface area contributed by atoms with E-state index in [1.165, 1.54) is 44.1 Å².